The van der Waals surface area contributed by atoms with Gasteiger partial charge in [0.25, 0.3) is 0 Å². The van der Waals surface area contributed by atoms with Crippen molar-refractivity contribution >= 4 is 60.7 Å². The average Bonchev–Trinajstić information content (AvgIpc) is 2.70. The summed E-state index contributed by atoms with van der Waals surface area (Å²) < 4.78 is 35.4. The van der Waals surface area contributed by atoms with Gasteiger partial charge in [-0.15, -0.1) is 0 Å². The molecule has 1 N–H and O–H groups in total. The number of rotatable bonds is 5. The molecule has 0 unspecified atom stereocenters. The minimum Gasteiger partial charge on any atom is -0.451 e. The van der Waals surface area contributed by atoms with Crippen LogP contribution < -0.4 is 10.1 Å². The Balaban J connectivity index is 2.10. The smallest absolute Gasteiger partial charge is 0.387 e. The summed E-state index contributed by atoms with van der Waals surface area (Å²) >= 11 is 18.3. The molecule has 0 aliphatic heterocycles. The molecule has 114 valence electrons. The van der Waals surface area contributed by atoms with E-state index in [-0.39, 0.29) is 15.8 Å². The minimum absolute atomic E-state index is 0.00731. The number of hydrogen-bond acceptors (Lipinski definition) is 3. The van der Waals surface area contributed by atoms with E-state index >= 15 is 0 Å². The molecule has 0 saturated carbocycles. The highest BCUT2D eigenvalue weighted by atomic mass is 79.9. The topological polar surface area (TPSA) is 34.4 Å². The second kappa shape index (κ2) is 7.17. The van der Waals surface area contributed by atoms with Crippen molar-refractivity contribution in [3.8, 4) is 5.75 Å². The van der Waals surface area contributed by atoms with Crippen molar-refractivity contribution in [1.29, 1.82) is 0 Å². The maximum Gasteiger partial charge on any atom is 0.387 e. The molecule has 0 radical (unpaired) electrons. The molecular formula is C12H7Br2Cl2F2NO2. The van der Waals surface area contributed by atoms with Gasteiger partial charge >= 0.3 is 6.61 Å². The lowest BCUT2D eigenvalue weighted by Crippen LogP contribution is -2.04. The van der Waals surface area contributed by atoms with E-state index in [0.717, 1.165) is 4.47 Å². The summed E-state index contributed by atoms with van der Waals surface area (Å²) in [6.45, 7) is -2.62. The Morgan fingerprint density at radius 1 is 1.19 bits per heavy atom. The van der Waals surface area contributed by atoms with E-state index in [9.17, 15) is 8.78 Å². The number of nitrogens with one attached hydrogen (secondary N) is 1. The van der Waals surface area contributed by atoms with Crippen LogP contribution in [0.2, 0.25) is 10.0 Å². The van der Waals surface area contributed by atoms with Gasteiger partial charge in [0.15, 0.2) is 10.4 Å². The third kappa shape index (κ3) is 4.48. The zero-order chi connectivity index (χ0) is 15.6. The van der Waals surface area contributed by atoms with E-state index in [0.29, 0.717) is 22.7 Å². The van der Waals surface area contributed by atoms with Crippen LogP contribution in [0.3, 0.4) is 0 Å². The molecule has 2 aromatic rings. The van der Waals surface area contributed by atoms with Crippen molar-refractivity contribution in [3.63, 3.8) is 0 Å². The predicted molar refractivity (Wildman–Crippen MR) is 84.5 cm³/mol. The largest absolute Gasteiger partial charge is 0.451 e. The highest BCUT2D eigenvalue weighted by Gasteiger charge is 2.14. The van der Waals surface area contributed by atoms with Gasteiger partial charge in [-0.3, -0.25) is 0 Å². The van der Waals surface area contributed by atoms with E-state index in [1.807, 2.05) is 0 Å². The molecule has 0 aliphatic rings. The SMILES string of the molecule is FC(F)Oc1c(Cl)cc(NCc2cc(Br)c(Br)o2)cc1Cl. The molecule has 1 aromatic heterocycles. The Bertz CT molecular complexity index is 610. The summed E-state index contributed by atoms with van der Waals surface area (Å²) in [6, 6.07) is 4.67. The highest BCUT2D eigenvalue weighted by molar-refractivity contribution is 9.13. The summed E-state index contributed by atoms with van der Waals surface area (Å²) in [5.41, 5.74) is 0.551. The Morgan fingerprint density at radius 2 is 1.81 bits per heavy atom. The third-order valence-corrected chi connectivity index (χ3v) is 4.64. The van der Waals surface area contributed by atoms with Crippen LogP contribution in [0.1, 0.15) is 5.76 Å². The quantitative estimate of drug-likeness (QED) is 0.560. The maximum absolute atomic E-state index is 12.2. The van der Waals surface area contributed by atoms with Crippen molar-refractivity contribution in [2.24, 2.45) is 0 Å². The van der Waals surface area contributed by atoms with Crippen LogP contribution in [0.5, 0.6) is 5.75 Å². The molecule has 0 saturated heterocycles. The van der Waals surface area contributed by atoms with Crippen LogP contribution in [0, 0.1) is 0 Å². The molecule has 3 nitrogen and oxygen atoms in total. The Kier molecular flexibility index (Phi) is 5.76. The maximum atomic E-state index is 12.2. The number of halogens is 6. The van der Waals surface area contributed by atoms with Gasteiger partial charge in [-0.2, -0.15) is 8.78 Å². The lowest BCUT2D eigenvalue weighted by Gasteiger charge is -2.11. The first-order valence-corrected chi connectivity index (χ1v) is 7.82. The Labute approximate surface area is 145 Å². The number of alkyl halides is 2. The fraction of sp³-hybridized carbons (Fsp3) is 0.167. The van der Waals surface area contributed by atoms with Gasteiger partial charge in [0, 0.05) is 5.69 Å². The Morgan fingerprint density at radius 3 is 2.29 bits per heavy atom. The number of hydrogen-bond donors (Lipinski definition) is 1. The standard InChI is InChI=1S/C12H7Br2Cl2F2NO2/c13-7-3-6(20-11(7)14)4-19-5-1-8(15)10(9(16)2-5)21-12(17)18/h1-3,12,19H,4H2. The van der Waals surface area contributed by atoms with Gasteiger partial charge in [-0.25, -0.2) is 0 Å². The van der Waals surface area contributed by atoms with Crippen LogP contribution in [-0.4, -0.2) is 6.61 Å². The van der Waals surface area contributed by atoms with Crippen LogP contribution >= 0.6 is 55.1 Å². The van der Waals surface area contributed by atoms with Crippen molar-refractivity contribution in [2.75, 3.05) is 5.32 Å². The van der Waals surface area contributed by atoms with E-state index in [1.165, 1.54) is 12.1 Å². The zero-order valence-electron chi connectivity index (χ0n) is 10.1. The third-order valence-electron chi connectivity index (χ3n) is 2.37. The molecular weight excluding hydrogens is 459 g/mol. The Hall–Kier alpha value is -0.500. The van der Waals surface area contributed by atoms with Crippen molar-refractivity contribution < 1.29 is 17.9 Å². The molecule has 0 bridgehead atoms. The molecule has 9 heteroatoms. The molecule has 1 aromatic carbocycles. The number of ether oxygens (including phenoxy) is 1. The van der Waals surface area contributed by atoms with Gasteiger partial charge in [0.2, 0.25) is 0 Å². The molecule has 1 heterocycles. The summed E-state index contributed by atoms with van der Waals surface area (Å²) in [5, 5.41) is 3.00. The fourth-order valence-electron chi connectivity index (χ4n) is 1.53. The van der Waals surface area contributed by atoms with E-state index in [1.54, 1.807) is 6.07 Å². The number of anilines is 1. The second-order valence-electron chi connectivity index (χ2n) is 3.84. The van der Waals surface area contributed by atoms with E-state index in [2.05, 4.69) is 41.9 Å². The van der Waals surface area contributed by atoms with Crippen molar-refractivity contribution in [3.05, 3.63) is 43.1 Å². The molecule has 0 spiro atoms. The first-order chi connectivity index (χ1) is 9.86. The first-order valence-electron chi connectivity index (χ1n) is 5.48. The number of benzene rings is 1. The highest BCUT2D eigenvalue weighted by Crippen LogP contribution is 2.37. The molecule has 0 aliphatic carbocycles. The molecule has 0 fully saturated rings. The minimum atomic E-state index is -2.99. The van der Waals surface area contributed by atoms with Crippen LogP contribution in [-0.2, 0) is 6.54 Å². The second-order valence-corrected chi connectivity index (χ2v) is 6.22. The average molecular weight is 466 g/mol. The van der Waals surface area contributed by atoms with Crippen molar-refractivity contribution in [1.82, 2.24) is 0 Å². The van der Waals surface area contributed by atoms with Gasteiger partial charge in [0.05, 0.1) is 21.1 Å². The predicted octanol–water partition coefficient (Wildman–Crippen LogP) is 6.32. The van der Waals surface area contributed by atoms with Crippen LogP contribution in [0.15, 0.2) is 31.8 Å². The van der Waals surface area contributed by atoms with Crippen LogP contribution in [0.25, 0.3) is 0 Å². The van der Waals surface area contributed by atoms with E-state index < -0.39 is 6.61 Å². The summed E-state index contributed by atoms with van der Waals surface area (Å²) in [6.07, 6.45) is 0. The normalized spacial score (nSPS) is 11.0. The van der Waals surface area contributed by atoms with Crippen LogP contribution in [0.4, 0.5) is 14.5 Å². The van der Waals surface area contributed by atoms with Gasteiger partial charge in [-0.1, -0.05) is 23.2 Å². The molecule has 21 heavy (non-hydrogen) atoms. The molecule has 0 amide bonds. The zero-order valence-corrected chi connectivity index (χ0v) is 14.8. The number of furan rings is 1. The summed E-state index contributed by atoms with van der Waals surface area (Å²) in [5.74, 6) is 0.413. The van der Waals surface area contributed by atoms with Gasteiger partial charge in [-0.05, 0) is 50.1 Å². The monoisotopic (exact) mass is 463 g/mol. The molecule has 0 atom stereocenters. The lowest BCUT2D eigenvalue weighted by atomic mass is 10.3. The summed E-state index contributed by atoms with van der Waals surface area (Å²) in [7, 11) is 0. The molecule has 2 rings (SSSR count). The van der Waals surface area contributed by atoms with Crippen molar-refractivity contribution in [2.45, 2.75) is 13.2 Å². The first kappa shape index (κ1) is 16.9. The van der Waals surface area contributed by atoms with Gasteiger partial charge < -0.3 is 14.5 Å². The van der Waals surface area contributed by atoms with Gasteiger partial charge in [0.1, 0.15) is 5.76 Å². The summed E-state index contributed by atoms with van der Waals surface area (Å²) in [4.78, 5) is 0. The van der Waals surface area contributed by atoms with E-state index in [4.69, 9.17) is 27.6 Å². The fourth-order valence-corrected chi connectivity index (χ4v) is 2.77. The lowest BCUT2D eigenvalue weighted by molar-refractivity contribution is -0.0497.